The Morgan fingerprint density at radius 2 is 1.90 bits per heavy atom. The van der Waals surface area contributed by atoms with E-state index in [4.69, 9.17) is 4.74 Å². The summed E-state index contributed by atoms with van der Waals surface area (Å²) in [6.45, 7) is 3.30. The molecule has 0 heterocycles. The van der Waals surface area contributed by atoms with E-state index < -0.39 is 0 Å². The number of nitrogens with one attached hydrogen (secondary N) is 1. The van der Waals surface area contributed by atoms with Crippen molar-refractivity contribution in [1.29, 1.82) is 0 Å². The highest BCUT2D eigenvalue weighted by atomic mass is 79.9. The number of hydrogen-bond donors (Lipinski definition) is 1. The molecule has 1 aromatic carbocycles. The molecule has 0 radical (unpaired) electrons. The molecule has 0 atom stereocenters. The summed E-state index contributed by atoms with van der Waals surface area (Å²) < 4.78 is 7.25. The van der Waals surface area contributed by atoms with Crippen molar-refractivity contribution in [2.45, 2.75) is 64.1 Å². The molecule has 20 heavy (non-hydrogen) atoms. The molecule has 110 valence electrons. The second kappa shape index (κ2) is 6.48. The smallest absolute Gasteiger partial charge is 0.133 e. The molecule has 3 heteroatoms. The summed E-state index contributed by atoms with van der Waals surface area (Å²) in [5.74, 6) is 1.87. The van der Waals surface area contributed by atoms with Crippen molar-refractivity contribution < 1.29 is 4.74 Å². The largest absolute Gasteiger partial charge is 0.489 e. The molecular weight excluding hydrogens is 314 g/mol. The summed E-state index contributed by atoms with van der Waals surface area (Å²) in [6.07, 6.45) is 8.05. The fraction of sp³-hybridized carbons (Fsp3) is 0.647. The average molecular weight is 338 g/mol. The SMILES string of the molecule is CC1CCC(Oc2ccc(CNC3CC3)cc2Br)CC1. The molecule has 0 amide bonds. The highest BCUT2D eigenvalue weighted by molar-refractivity contribution is 9.10. The Morgan fingerprint density at radius 3 is 2.55 bits per heavy atom. The van der Waals surface area contributed by atoms with Gasteiger partial charge in [0, 0.05) is 12.6 Å². The molecule has 2 fully saturated rings. The minimum Gasteiger partial charge on any atom is -0.489 e. The van der Waals surface area contributed by atoms with Gasteiger partial charge in [0.1, 0.15) is 5.75 Å². The fourth-order valence-electron chi connectivity index (χ4n) is 2.83. The van der Waals surface area contributed by atoms with Gasteiger partial charge < -0.3 is 10.1 Å². The zero-order valence-electron chi connectivity index (χ0n) is 12.2. The standard InChI is InChI=1S/C17H24BrNO/c1-12-2-7-15(8-3-12)20-17-9-4-13(10-16(17)18)11-19-14-5-6-14/h4,9-10,12,14-15,19H,2-3,5-8,11H2,1H3. The van der Waals surface area contributed by atoms with Crippen molar-refractivity contribution in [3.63, 3.8) is 0 Å². The van der Waals surface area contributed by atoms with Gasteiger partial charge in [0.25, 0.3) is 0 Å². The van der Waals surface area contributed by atoms with Crippen LogP contribution in [0.1, 0.15) is 51.0 Å². The summed E-state index contributed by atoms with van der Waals surface area (Å²) in [5.41, 5.74) is 1.33. The molecule has 0 saturated heterocycles. The van der Waals surface area contributed by atoms with Gasteiger partial charge in [-0.05, 0) is 78.1 Å². The molecule has 2 aliphatic rings. The van der Waals surface area contributed by atoms with Crippen molar-refractivity contribution in [1.82, 2.24) is 5.32 Å². The highest BCUT2D eigenvalue weighted by Crippen LogP contribution is 2.32. The van der Waals surface area contributed by atoms with Crippen LogP contribution in [-0.2, 0) is 6.54 Å². The number of rotatable bonds is 5. The van der Waals surface area contributed by atoms with Crippen molar-refractivity contribution in [3.05, 3.63) is 28.2 Å². The second-order valence-corrected chi connectivity index (χ2v) is 7.27. The van der Waals surface area contributed by atoms with Crippen molar-refractivity contribution in [2.75, 3.05) is 0 Å². The van der Waals surface area contributed by atoms with Gasteiger partial charge in [0.15, 0.2) is 0 Å². The number of ether oxygens (including phenoxy) is 1. The minimum atomic E-state index is 0.401. The molecule has 3 rings (SSSR count). The monoisotopic (exact) mass is 337 g/mol. The highest BCUT2D eigenvalue weighted by Gasteiger charge is 2.21. The first-order valence-electron chi connectivity index (χ1n) is 7.89. The van der Waals surface area contributed by atoms with Crippen LogP contribution in [0.5, 0.6) is 5.75 Å². The lowest BCUT2D eigenvalue weighted by Gasteiger charge is -2.27. The molecule has 2 nitrogen and oxygen atoms in total. The normalized spacial score (nSPS) is 26.5. The van der Waals surface area contributed by atoms with E-state index >= 15 is 0 Å². The average Bonchev–Trinajstić information content (AvgIpc) is 3.26. The van der Waals surface area contributed by atoms with Gasteiger partial charge >= 0.3 is 0 Å². The van der Waals surface area contributed by atoms with Crippen LogP contribution in [0.25, 0.3) is 0 Å². The van der Waals surface area contributed by atoms with Crippen molar-refractivity contribution >= 4 is 15.9 Å². The number of hydrogen-bond acceptors (Lipinski definition) is 2. The summed E-state index contributed by atoms with van der Waals surface area (Å²) in [6, 6.07) is 7.25. The van der Waals surface area contributed by atoms with E-state index in [1.165, 1.54) is 44.1 Å². The Morgan fingerprint density at radius 1 is 1.15 bits per heavy atom. The molecule has 0 aliphatic heterocycles. The minimum absolute atomic E-state index is 0.401. The van der Waals surface area contributed by atoms with Crippen LogP contribution in [0.2, 0.25) is 0 Å². The van der Waals surface area contributed by atoms with Crippen molar-refractivity contribution in [3.8, 4) is 5.75 Å². The Bertz CT molecular complexity index is 450. The van der Waals surface area contributed by atoms with E-state index in [0.717, 1.165) is 28.7 Å². The van der Waals surface area contributed by atoms with Gasteiger partial charge in [-0.15, -0.1) is 0 Å². The van der Waals surface area contributed by atoms with Crippen LogP contribution in [0.15, 0.2) is 22.7 Å². The lowest BCUT2D eigenvalue weighted by molar-refractivity contribution is 0.134. The van der Waals surface area contributed by atoms with Gasteiger partial charge in [-0.2, -0.15) is 0 Å². The quantitative estimate of drug-likeness (QED) is 0.843. The third-order valence-corrected chi connectivity index (χ3v) is 5.04. The van der Waals surface area contributed by atoms with Crippen LogP contribution < -0.4 is 10.1 Å². The Labute approximate surface area is 130 Å². The van der Waals surface area contributed by atoms with E-state index in [1.807, 2.05) is 0 Å². The molecule has 0 aromatic heterocycles. The third kappa shape index (κ3) is 3.98. The topological polar surface area (TPSA) is 21.3 Å². The molecular formula is C17H24BrNO. The number of benzene rings is 1. The van der Waals surface area contributed by atoms with Crippen molar-refractivity contribution in [2.24, 2.45) is 5.92 Å². The number of halogens is 1. The van der Waals surface area contributed by atoms with Crippen LogP contribution in [0.3, 0.4) is 0 Å². The van der Waals surface area contributed by atoms with Crippen LogP contribution >= 0.6 is 15.9 Å². The molecule has 1 N–H and O–H groups in total. The summed E-state index contributed by atoms with van der Waals surface area (Å²) in [4.78, 5) is 0. The first-order chi connectivity index (χ1) is 9.70. The first-order valence-corrected chi connectivity index (χ1v) is 8.68. The lowest BCUT2D eigenvalue weighted by atomic mass is 9.89. The van der Waals surface area contributed by atoms with Gasteiger partial charge in [-0.25, -0.2) is 0 Å². The maximum Gasteiger partial charge on any atom is 0.133 e. The summed E-state index contributed by atoms with van der Waals surface area (Å²) in [7, 11) is 0. The van der Waals surface area contributed by atoms with Crippen LogP contribution in [0, 0.1) is 5.92 Å². The molecule has 1 aromatic rings. The Kier molecular flexibility index (Phi) is 4.67. The van der Waals surface area contributed by atoms with E-state index in [1.54, 1.807) is 0 Å². The van der Waals surface area contributed by atoms with E-state index in [-0.39, 0.29) is 0 Å². The molecule has 2 aliphatic carbocycles. The predicted molar refractivity (Wildman–Crippen MR) is 86.1 cm³/mol. The third-order valence-electron chi connectivity index (χ3n) is 4.43. The molecule has 0 unspecified atom stereocenters. The van der Waals surface area contributed by atoms with Crippen LogP contribution in [0.4, 0.5) is 0 Å². The van der Waals surface area contributed by atoms with Gasteiger partial charge in [0.2, 0.25) is 0 Å². The van der Waals surface area contributed by atoms with Gasteiger partial charge in [-0.3, -0.25) is 0 Å². The molecule has 0 bridgehead atoms. The Balaban J connectivity index is 1.55. The van der Waals surface area contributed by atoms with E-state index in [9.17, 15) is 0 Å². The summed E-state index contributed by atoms with van der Waals surface area (Å²) >= 11 is 3.66. The molecule has 2 saturated carbocycles. The predicted octanol–water partition coefficient (Wildman–Crippen LogP) is 4.66. The maximum atomic E-state index is 6.16. The fourth-order valence-corrected chi connectivity index (χ4v) is 3.35. The molecule has 0 spiro atoms. The van der Waals surface area contributed by atoms with E-state index in [0.29, 0.717) is 6.10 Å². The van der Waals surface area contributed by atoms with Crippen LogP contribution in [-0.4, -0.2) is 12.1 Å². The Hall–Kier alpha value is -0.540. The van der Waals surface area contributed by atoms with Gasteiger partial charge in [0.05, 0.1) is 10.6 Å². The zero-order valence-corrected chi connectivity index (χ0v) is 13.8. The van der Waals surface area contributed by atoms with E-state index in [2.05, 4.69) is 46.4 Å². The van der Waals surface area contributed by atoms with Gasteiger partial charge in [-0.1, -0.05) is 13.0 Å². The lowest BCUT2D eigenvalue weighted by Crippen LogP contribution is -2.23. The second-order valence-electron chi connectivity index (χ2n) is 6.42. The first kappa shape index (κ1) is 14.4. The maximum absolute atomic E-state index is 6.16. The summed E-state index contributed by atoms with van der Waals surface area (Å²) in [5, 5.41) is 3.54. The zero-order chi connectivity index (χ0) is 13.9.